The topological polar surface area (TPSA) is 41.6 Å². The molecule has 0 aromatic heterocycles. The van der Waals surface area contributed by atoms with Crippen molar-refractivity contribution in [3.05, 3.63) is 0 Å². The van der Waals surface area contributed by atoms with E-state index in [1.54, 1.807) is 0 Å². The van der Waals surface area contributed by atoms with Crippen molar-refractivity contribution in [1.29, 1.82) is 0 Å². The second-order valence-corrected chi connectivity index (χ2v) is 5.95. The molecule has 1 fully saturated rings. The van der Waals surface area contributed by atoms with Gasteiger partial charge in [0.1, 0.15) is 6.04 Å². The molecule has 1 N–H and O–H groups in total. The van der Waals surface area contributed by atoms with Gasteiger partial charge < -0.3 is 10.1 Å². The van der Waals surface area contributed by atoms with Crippen LogP contribution in [-0.2, 0) is 9.53 Å². The molecule has 0 aromatic rings. The van der Waals surface area contributed by atoms with Gasteiger partial charge >= 0.3 is 5.97 Å². The van der Waals surface area contributed by atoms with E-state index in [1.165, 1.54) is 19.3 Å². The number of carbonyl (C=O) groups is 1. The van der Waals surface area contributed by atoms with Gasteiger partial charge in [0.2, 0.25) is 0 Å². The van der Waals surface area contributed by atoms with Crippen molar-refractivity contribution in [3.8, 4) is 0 Å². The molecule has 1 aliphatic rings. The van der Waals surface area contributed by atoms with Gasteiger partial charge in [0.25, 0.3) is 0 Å². The lowest BCUT2D eigenvalue weighted by molar-refractivity contribution is -0.146. The van der Waals surface area contributed by atoms with E-state index in [-0.39, 0.29) is 18.1 Å². The van der Waals surface area contributed by atoms with Gasteiger partial charge in [0.05, 0.1) is 6.61 Å². The third-order valence-corrected chi connectivity index (χ3v) is 3.88. The number of rotatable bonds is 6. The summed E-state index contributed by atoms with van der Waals surface area (Å²) in [6.45, 7) is 11.7. The Morgan fingerprint density at radius 1 is 1.32 bits per heavy atom. The van der Waals surface area contributed by atoms with Crippen LogP contribution < -0.4 is 5.32 Å². The molecule has 1 aliphatic heterocycles. The molecule has 0 spiro atoms. The standard InChI is InChI=1S/C15H30N2O2/c1-6-19-15(18)14(16-11(2)3)10-17-12(4)8-7-9-13(17)5/h11-14,16H,6-10H2,1-5H3. The molecule has 1 heterocycles. The van der Waals surface area contributed by atoms with Gasteiger partial charge in [0, 0.05) is 24.7 Å². The molecule has 0 aromatic carbocycles. The molecule has 3 atom stereocenters. The molecule has 0 bridgehead atoms. The van der Waals surface area contributed by atoms with Gasteiger partial charge in [-0.1, -0.05) is 20.3 Å². The quantitative estimate of drug-likeness (QED) is 0.751. The number of esters is 1. The van der Waals surface area contributed by atoms with E-state index in [2.05, 4.69) is 37.9 Å². The molecule has 4 nitrogen and oxygen atoms in total. The van der Waals surface area contributed by atoms with Gasteiger partial charge in [-0.25, -0.2) is 0 Å². The Kier molecular flexibility index (Phi) is 6.80. The normalized spacial score (nSPS) is 26.4. The molecule has 19 heavy (non-hydrogen) atoms. The molecular formula is C15H30N2O2. The average molecular weight is 270 g/mol. The van der Waals surface area contributed by atoms with Crippen LogP contribution in [-0.4, -0.2) is 48.2 Å². The fourth-order valence-corrected chi connectivity index (χ4v) is 2.89. The smallest absolute Gasteiger partial charge is 0.324 e. The van der Waals surface area contributed by atoms with E-state index in [1.807, 2.05) is 6.92 Å². The van der Waals surface area contributed by atoms with Gasteiger partial charge in [-0.15, -0.1) is 0 Å². The van der Waals surface area contributed by atoms with E-state index in [9.17, 15) is 4.79 Å². The molecule has 112 valence electrons. The number of nitrogens with one attached hydrogen (secondary N) is 1. The van der Waals surface area contributed by atoms with Crippen molar-refractivity contribution < 1.29 is 9.53 Å². The van der Waals surface area contributed by atoms with Crippen LogP contribution in [0.5, 0.6) is 0 Å². The molecule has 4 heteroatoms. The molecule has 0 aliphatic carbocycles. The van der Waals surface area contributed by atoms with Crippen LogP contribution in [0.1, 0.15) is 53.9 Å². The fourth-order valence-electron chi connectivity index (χ4n) is 2.89. The largest absolute Gasteiger partial charge is 0.465 e. The first-order chi connectivity index (χ1) is 8.95. The number of piperidine rings is 1. The summed E-state index contributed by atoms with van der Waals surface area (Å²) in [6, 6.07) is 1.16. The highest BCUT2D eigenvalue weighted by atomic mass is 16.5. The molecule has 1 saturated heterocycles. The maximum atomic E-state index is 12.1. The molecule has 0 radical (unpaired) electrons. The Morgan fingerprint density at radius 3 is 2.37 bits per heavy atom. The number of likely N-dealkylation sites (tertiary alicyclic amines) is 1. The molecule has 0 saturated carbocycles. The third kappa shape index (κ3) is 5.11. The zero-order valence-corrected chi connectivity index (χ0v) is 13.1. The third-order valence-electron chi connectivity index (χ3n) is 3.88. The van der Waals surface area contributed by atoms with Crippen LogP contribution in [0.3, 0.4) is 0 Å². The van der Waals surface area contributed by atoms with Gasteiger partial charge in [-0.2, -0.15) is 0 Å². The summed E-state index contributed by atoms with van der Waals surface area (Å²) in [5.74, 6) is -0.124. The predicted octanol–water partition coefficient (Wildman–Crippen LogP) is 2.18. The van der Waals surface area contributed by atoms with Crippen LogP contribution in [0, 0.1) is 0 Å². The van der Waals surface area contributed by atoms with Crippen molar-refractivity contribution in [2.75, 3.05) is 13.2 Å². The highest BCUT2D eigenvalue weighted by Crippen LogP contribution is 2.22. The Bertz CT molecular complexity index is 271. The maximum absolute atomic E-state index is 12.1. The molecular weight excluding hydrogens is 240 g/mol. The summed E-state index contributed by atoms with van der Waals surface area (Å²) in [5.41, 5.74) is 0. The zero-order valence-electron chi connectivity index (χ0n) is 13.1. The first-order valence-corrected chi connectivity index (χ1v) is 7.64. The monoisotopic (exact) mass is 270 g/mol. The Morgan fingerprint density at radius 2 is 1.89 bits per heavy atom. The summed E-state index contributed by atoms with van der Waals surface area (Å²) >= 11 is 0. The Balaban J connectivity index is 2.66. The second kappa shape index (κ2) is 7.85. The van der Waals surface area contributed by atoms with E-state index in [0.717, 1.165) is 6.54 Å². The first kappa shape index (κ1) is 16.4. The van der Waals surface area contributed by atoms with Crippen molar-refractivity contribution in [1.82, 2.24) is 10.2 Å². The summed E-state index contributed by atoms with van der Waals surface area (Å²) in [7, 11) is 0. The SMILES string of the molecule is CCOC(=O)C(CN1C(C)CCCC1C)NC(C)C. The highest BCUT2D eigenvalue weighted by molar-refractivity contribution is 5.76. The molecule has 1 rings (SSSR count). The Labute approximate surface area is 117 Å². The van der Waals surface area contributed by atoms with Gasteiger partial charge in [0.15, 0.2) is 0 Å². The van der Waals surface area contributed by atoms with Crippen molar-refractivity contribution in [2.24, 2.45) is 0 Å². The van der Waals surface area contributed by atoms with E-state index < -0.39 is 0 Å². The van der Waals surface area contributed by atoms with E-state index in [4.69, 9.17) is 4.74 Å². The lowest BCUT2D eigenvalue weighted by Crippen LogP contribution is -2.54. The van der Waals surface area contributed by atoms with Crippen LogP contribution >= 0.6 is 0 Å². The van der Waals surface area contributed by atoms with E-state index in [0.29, 0.717) is 18.7 Å². The van der Waals surface area contributed by atoms with E-state index >= 15 is 0 Å². The fraction of sp³-hybridized carbons (Fsp3) is 0.933. The molecule has 3 unspecified atom stereocenters. The number of hydrogen-bond acceptors (Lipinski definition) is 4. The average Bonchev–Trinajstić information content (AvgIpc) is 2.32. The number of nitrogens with zero attached hydrogens (tertiary/aromatic N) is 1. The number of carbonyl (C=O) groups excluding carboxylic acids is 1. The van der Waals surface area contributed by atoms with Gasteiger partial charge in [-0.3, -0.25) is 9.69 Å². The Hall–Kier alpha value is -0.610. The minimum Gasteiger partial charge on any atom is -0.465 e. The highest BCUT2D eigenvalue weighted by Gasteiger charge is 2.30. The lowest BCUT2D eigenvalue weighted by Gasteiger charge is -2.40. The molecule has 0 amide bonds. The maximum Gasteiger partial charge on any atom is 0.324 e. The van der Waals surface area contributed by atoms with Crippen LogP contribution in [0.4, 0.5) is 0 Å². The van der Waals surface area contributed by atoms with Crippen LogP contribution in [0.25, 0.3) is 0 Å². The second-order valence-electron chi connectivity index (χ2n) is 5.95. The first-order valence-electron chi connectivity index (χ1n) is 7.64. The minimum atomic E-state index is -0.219. The zero-order chi connectivity index (χ0) is 14.4. The van der Waals surface area contributed by atoms with Crippen molar-refractivity contribution in [2.45, 2.75) is 78.0 Å². The summed E-state index contributed by atoms with van der Waals surface area (Å²) in [6.07, 6.45) is 3.74. The summed E-state index contributed by atoms with van der Waals surface area (Å²) < 4.78 is 5.19. The summed E-state index contributed by atoms with van der Waals surface area (Å²) in [4.78, 5) is 14.5. The lowest BCUT2D eigenvalue weighted by atomic mass is 9.96. The van der Waals surface area contributed by atoms with Crippen LogP contribution in [0.15, 0.2) is 0 Å². The van der Waals surface area contributed by atoms with Gasteiger partial charge in [-0.05, 0) is 33.6 Å². The number of hydrogen-bond donors (Lipinski definition) is 1. The number of ether oxygens (including phenoxy) is 1. The summed E-state index contributed by atoms with van der Waals surface area (Å²) in [5, 5.41) is 3.34. The van der Waals surface area contributed by atoms with Crippen molar-refractivity contribution >= 4 is 5.97 Å². The van der Waals surface area contributed by atoms with Crippen molar-refractivity contribution in [3.63, 3.8) is 0 Å². The predicted molar refractivity (Wildman–Crippen MR) is 78.2 cm³/mol. The minimum absolute atomic E-state index is 0.124. The van der Waals surface area contributed by atoms with Crippen LogP contribution in [0.2, 0.25) is 0 Å².